The number of benzene rings is 2. The lowest BCUT2D eigenvalue weighted by Gasteiger charge is -2.41. The molecule has 2 aliphatic rings. The number of hydrogen-bond donors (Lipinski definition) is 0. The van der Waals surface area contributed by atoms with E-state index in [-0.39, 0.29) is 5.54 Å². The fraction of sp³-hybridized carbons (Fsp3) is 0.400. The van der Waals surface area contributed by atoms with Crippen molar-refractivity contribution in [2.45, 2.75) is 51.1 Å². The molecule has 2 aromatic carbocycles. The van der Waals surface area contributed by atoms with Crippen molar-refractivity contribution < 1.29 is 0 Å². The van der Waals surface area contributed by atoms with Crippen LogP contribution in [0.5, 0.6) is 0 Å². The van der Waals surface area contributed by atoms with Crippen LogP contribution in [0.1, 0.15) is 55.3 Å². The third-order valence-corrected chi connectivity index (χ3v) is 5.57. The van der Waals surface area contributed by atoms with E-state index >= 15 is 0 Å². The Labute approximate surface area is 127 Å². The third-order valence-electron chi connectivity index (χ3n) is 5.57. The van der Waals surface area contributed by atoms with Crippen molar-refractivity contribution in [3.05, 3.63) is 65.2 Å². The van der Waals surface area contributed by atoms with Crippen LogP contribution in [0.25, 0.3) is 0 Å². The van der Waals surface area contributed by atoms with E-state index in [1.54, 1.807) is 5.56 Å². The van der Waals surface area contributed by atoms with Gasteiger partial charge in [-0.3, -0.25) is 0 Å². The fourth-order valence-corrected chi connectivity index (χ4v) is 4.67. The number of fused-ring (bicyclic) bond motifs is 2. The molecule has 1 spiro atoms. The highest BCUT2D eigenvalue weighted by molar-refractivity contribution is 5.63. The molecule has 1 aliphatic carbocycles. The van der Waals surface area contributed by atoms with Gasteiger partial charge in [0, 0.05) is 5.69 Å². The van der Waals surface area contributed by atoms with Crippen LogP contribution in [0.2, 0.25) is 0 Å². The molecule has 1 fully saturated rings. The molecule has 1 nitrogen and oxygen atoms in total. The molecule has 0 amide bonds. The summed E-state index contributed by atoms with van der Waals surface area (Å²) in [6.07, 6.45) is 5.29. The van der Waals surface area contributed by atoms with Crippen LogP contribution in [-0.4, -0.2) is 0 Å². The second kappa shape index (κ2) is 4.62. The Morgan fingerprint density at radius 2 is 1.62 bits per heavy atom. The van der Waals surface area contributed by atoms with Gasteiger partial charge in [0.1, 0.15) is 0 Å². The van der Waals surface area contributed by atoms with Crippen LogP contribution < -0.4 is 4.90 Å². The maximum Gasteiger partial charge on any atom is 0.0663 e. The molecular formula is C20H23N. The van der Waals surface area contributed by atoms with Crippen LogP contribution in [-0.2, 0) is 5.54 Å². The Balaban J connectivity index is 1.93. The van der Waals surface area contributed by atoms with Crippen molar-refractivity contribution in [3.8, 4) is 0 Å². The minimum atomic E-state index is 0.238. The highest BCUT2D eigenvalue weighted by Gasteiger charge is 2.50. The highest BCUT2D eigenvalue weighted by atomic mass is 15.3. The number of hydrogen-bond acceptors (Lipinski definition) is 1. The number of rotatable bonds is 1. The van der Waals surface area contributed by atoms with Crippen molar-refractivity contribution in [1.29, 1.82) is 0 Å². The average Bonchev–Trinajstić information content (AvgIpc) is 3.07. The van der Waals surface area contributed by atoms with Crippen molar-refractivity contribution >= 4 is 5.69 Å². The average molecular weight is 277 g/mol. The number of nitrogens with zero attached hydrogens (tertiary/aromatic N) is 1. The second-order valence-corrected chi connectivity index (χ2v) is 6.66. The van der Waals surface area contributed by atoms with Crippen molar-refractivity contribution in [1.82, 2.24) is 0 Å². The quantitative estimate of drug-likeness (QED) is 0.679. The van der Waals surface area contributed by atoms with Gasteiger partial charge >= 0.3 is 0 Å². The molecule has 0 radical (unpaired) electrons. The first-order chi connectivity index (χ1) is 10.2. The molecule has 0 saturated heterocycles. The fourth-order valence-electron chi connectivity index (χ4n) is 4.67. The first kappa shape index (κ1) is 12.9. The summed E-state index contributed by atoms with van der Waals surface area (Å²) < 4.78 is 0. The summed E-state index contributed by atoms with van der Waals surface area (Å²) in [6.45, 7) is 4.62. The van der Waals surface area contributed by atoms with Gasteiger partial charge in [-0.2, -0.15) is 0 Å². The van der Waals surface area contributed by atoms with Gasteiger partial charge in [-0.25, -0.2) is 0 Å². The molecule has 1 heterocycles. The zero-order valence-electron chi connectivity index (χ0n) is 13.0. The van der Waals surface area contributed by atoms with E-state index in [0.717, 1.165) is 0 Å². The van der Waals surface area contributed by atoms with Crippen LogP contribution in [0.3, 0.4) is 0 Å². The van der Waals surface area contributed by atoms with Crippen molar-refractivity contribution in [2.75, 3.05) is 4.90 Å². The summed E-state index contributed by atoms with van der Waals surface area (Å²) in [5, 5.41) is 0. The molecule has 21 heavy (non-hydrogen) atoms. The van der Waals surface area contributed by atoms with Crippen LogP contribution in [0.4, 0.5) is 5.69 Å². The van der Waals surface area contributed by atoms with Gasteiger partial charge in [0.2, 0.25) is 0 Å². The molecule has 0 aromatic heterocycles. The van der Waals surface area contributed by atoms with Crippen LogP contribution >= 0.6 is 0 Å². The molecular weight excluding hydrogens is 254 g/mol. The zero-order valence-corrected chi connectivity index (χ0v) is 13.0. The lowest BCUT2D eigenvalue weighted by molar-refractivity contribution is 0.416. The second-order valence-electron chi connectivity index (χ2n) is 6.66. The molecule has 1 atom stereocenters. The lowest BCUT2D eigenvalue weighted by Crippen LogP contribution is -2.40. The predicted molar refractivity (Wildman–Crippen MR) is 88.7 cm³/mol. The van der Waals surface area contributed by atoms with Gasteiger partial charge in [0.05, 0.1) is 11.6 Å². The predicted octanol–water partition coefficient (Wildman–Crippen LogP) is 5.35. The standard InChI is InChI=1S/C20H23N/c1-15-9-3-6-12-19(15)21-16(2)17-10-4-5-11-18(17)20(21)13-7-8-14-20/h3-6,9-12,16H,7-8,13-14H2,1-2H3. The Bertz CT molecular complexity index is 667. The molecule has 0 N–H and O–H groups in total. The minimum absolute atomic E-state index is 0.238. The summed E-state index contributed by atoms with van der Waals surface area (Å²) in [6, 6.07) is 18.5. The van der Waals surface area contributed by atoms with E-state index < -0.39 is 0 Å². The van der Waals surface area contributed by atoms with E-state index in [0.29, 0.717) is 6.04 Å². The molecule has 1 aliphatic heterocycles. The first-order valence-electron chi connectivity index (χ1n) is 8.18. The lowest BCUT2D eigenvalue weighted by atomic mass is 9.87. The maximum atomic E-state index is 2.72. The number of para-hydroxylation sites is 1. The van der Waals surface area contributed by atoms with Gasteiger partial charge < -0.3 is 4.90 Å². The van der Waals surface area contributed by atoms with Gasteiger partial charge in [0.15, 0.2) is 0 Å². The summed E-state index contributed by atoms with van der Waals surface area (Å²) >= 11 is 0. The molecule has 0 bridgehead atoms. The summed E-state index contributed by atoms with van der Waals surface area (Å²) in [4.78, 5) is 2.72. The third kappa shape index (κ3) is 1.70. The molecule has 1 saturated carbocycles. The van der Waals surface area contributed by atoms with E-state index in [1.165, 1.54) is 42.5 Å². The normalized spacial score (nSPS) is 22.8. The molecule has 4 rings (SSSR count). The maximum absolute atomic E-state index is 2.72. The van der Waals surface area contributed by atoms with Crippen molar-refractivity contribution in [2.24, 2.45) is 0 Å². The number of anilines is 1. The monoisotopic (exact) mass is 277 g/mol. The number of aryl methyl sites for hydroxylation is 1. The SMILES string of the molecule is Cc1ccccc1N1C(C)c2ccccc2C12CCCC2. The molecule has 108 valence electrons. The Morgan fingerprint density at radius 1 is 0.952 bits per heavy atom. The van der Waals surface area contributed by atoms with Gasteiger partial charge in [-0.15, -0.1) is 0 Å². The van der Waals surface area contributed by atoms with E-state index in [2.05, 4.69) is 67.3 Å². The molecule has 1 heteroatoms. The molecule has 2 aromatic rings. The molecule has 1 unspecified atom stereocenters. The highest BCUT2D eigenvalue weighted by Crippen LogP contribution is 2.56. The Kier molecular flexibility index (Phi) is 2.85. The van der Waals surface area contributed by atoms with Gasteiger partial charge in [0.25, 0.3) is 0 Å². The van der Waals surface area contributed by atoms with Gasteiger partial charge in [-0.05, 0) is 49.4 Å². The Hall–Kier alpha value is -1.76. The smallest absolute Gasteiger partial charge is 0.0663 e. The van der Waals surface area contributed by atoms with Crippen LogP contribution in [0.15, 0.2) is 48.5 Å². The first-order valence-corrected chi connectivity index (χ1v) is 8.18. The topological polar surface area (TPSA) is 3.24 Å². The van der Waals surface area contributed by atoms with E-state index in [4.69, 9.17) is 0 Å². The van der Waals surface area contributed by atoms with E-state index in [9.17, 15) is 0 Å². The Morgan fingerprint density at radius 3 is 2.38 bits per heavy atom. The van der Waals surface area contributed by atoms with Crippen molar-refractivity contribution in [3.63, 3.8) is 0 Å². The van der Waals surface area contributed by atoms with E-state index in [1.807, 2.05) is 0 Å². The summed E-state index contributed by atoms with van der Waals surface area (Å²) in [7, 11) is 0. The summed E-state index contributed by atoms with van der Waals surface area (Å²) in [5.74, 6) is 0. The minimum Gasteiger partial charge on any atom is -0.355 e. The van der Waals surface area contributed by atoms with Crippen LogP contribution in [0, 0.1) is 6.92 Å². The largest absolute Gasteiger partial charge is 0.355 e. The van der Waals surface area contributed by atoms with Gasteiger partial charge in [-0.1, -0.05) is 55.3 Å². The summed E-state index contributed by atoms with van der Waals surface area (Å²) in [5.41, 5.74) is 6.16. The zero-order chi connectivity index (χ0) is 14.4.